The number of hydrogen-bond donors (Lipinski definition) is 3. The molecule has 10 heteroatoms. The number of carbonyl (C=O) groups is 3. The van der Waals surface area contributed by atoms with Crippen molar-refractivity contribution in [3.8, 4) is 0 Å². The summed E-state index contributed by atoms with van der Waals surface area (Å²) in [5, 5.41) is 23.2. The van der Waals surface area contributed by atoms with Crippen LogP contribution in [-0.4, -0.2) is 89.3 Å². The number of nitrogens with one attached hydrogen (secondary N) is 1. The van der Waals surface area contributed by atoms with E-state index in [0.717, 1.165) is 4.90 Å². The van der Waals surface area contributed by atoms with Crippen LogP contribution in [0.15, 0.2) is 0 Å². The fraction of sp³-hybridized carbons (Fsp3) is 0.812. The second-order valence-corrected chi connectivity index (χ2v) is 7.07. The molecule has 0 aromatic heterocycles. The van der Waals surface area contributed by atoms with Crippen LogP contribution >= 0.6 is 0 Å². The fourth-order valence-electron chi connectivity index (χ4n) is 3.56. The molecular weight excluding hydrogens is 348 g/mol. The maximum Gasteiger partial charge on any atom is 0.232 e. The van der Waals surface area contributed by atoms with Gasteiger partial charge in [-0.05, 0) is 0 Å². The maximum atomic E-state index is 11.9. The van der Waals surface area contributed by atoms with Gasteiger partial charge in [-0.1, -0.05) is 6.92 Å². The van der Waals surface area contributed by atoms with Gasteiger partial charge in [0.15, 0.2) is 6.29 Å². The van der Waals surface area contributed by atoms with Crippen LogP contribution in [0.2, 0.25) is 0 Å². The van der Waals surface area contributed by atoms with E-state index in [-0.39, 0.29) is 56.4 Å². The molecule has 3 N–H and O–H groups in total. The van der Waals surface area contributed by atoms with E-state index in [1.54, 1.807) is 6.92 Å². The predicted molar refractivity (Wildman–Crippen MR) is 84.5 cm³/mol. The highest BCUT2D eigenvalue weighted by Crippen LogP contribution is 2.37. The molecule has 3 saturated heterocycles. The number of aliphatic hydroxyl groups excluding tert-OH is 2. The Bertz CT molecular complexity index is 599. The quantitative estimate of drug-likeness (QED) is 0.352. The SMILES string of the molecule is CC(=O)N[C@@H]1[C@H]2OC[C@](COCCN3C(=O)CC(C)C3=O)(O2)[C@@H](O)[C@@H]1O. The smallest absolute Gasteiger partial charge is 0.232 e. The summed E-state index contributed by atoms with van der Waals surface area (Å²) in [5.41, 5.74) is -1.26. The summed E-state index contributed by atoms with van der Waals surface area (Å²) in [4.78, 5) is 36.0. The standard InChI is InChI=1S/C16H24N2O8/c1-8-5-10(20)18(14(8)23)3-4-24-6-16-7-25-15(26-16)11(17-9(2)19)12(21)13(16)22/h8,11-13,15,21-22H,3-7H2,1-2H3,(H,17,19)/t8?,11-,12+,13-,15-,16-/m0/s1. The number of rotatable bonds is 6. The van der Waals surface area contributed by atoms with Gasteiger partial charge in [0.25, 0.3) is 0 Å². The minimum Gasteiger partial charge on any atom is -0.388 e. The maximum absolute atomic E-state index is 11.9. The van der Waals surface area contributed by atoms with Crippen LogP contribution in [0.4, 0.5) is 0 Å². The van der Waals surface area contributed by atoms with Gasteiger partial charge >= 0.3 is 0 Å². The molecule has 26 heavy (non-hydrogen) atoms. The molecule has 6 atom stereocenters. The van der Waals surface area contributed by atoms with Gasteiger partial charge in [0.2, 0.25) is 17.7 Å². The van der Waals surface area contributed by atoms with Crippen LogP contribution in [0, 0.1) is 5.92 Å². The van der Waals surface area contributed by atoms with E-state index in [1.165, 1.54) is 6.92 Å². The average Bonchev–Trinajstić information content (AvgIpc) is 3.09. The molecule has 0 aliphatic carbocycles. The minimum atomic E-state index is -1.33. The molecule has 0 aromatic carbocycles. The number of nitrogens with zero attached hydrogens (tertiary/aromatic N) is 1. The molecule has 3 amide bonds. The zero-order chi connectivity index (χ0) is 19.1. The molecule has 0 aromatic rings. The summed E-state index contributed by atoms with van der Waals surface area (Å²) in [6.07, 6.45) is -3.28. The molecule has 10 nitrogen and oxygen atoms in total. The monoisotopic (exact) mass is 372 g/mol. The Morgan fingerprint density at radius 3 is 2.77 bits per heavy atom. The third-order valence-corrected chi connectivity index (χ3v) is 5.01. The van der Waals surface area contributed by atoms with E-state index in [4.69, 9.17) is 14.2 Å². The molecule has 3 heterocycles. The van der Waals surface area contributed by atoms with Gasteiger partial charge in [0.1, 0.15) is 23.9 Å². The van der Waals surface area contributed by atoms with Crippen molar-refractivity contribution in [1.29, 1.82) is 0 Å². The van der Waals surface area contributed by atoms with Crippen LogP contribution < -0.4 is 5.32 Å². The first-order chi connectivity index (χ1) is 12.2. The van der Waals surface area contributed by atoms with E-state index in [1.807, 2.05) is 0 Å². The molecule has 0 saturated carbocycles. The van der Waals surface area contributed by atoms with Crippen molar-refractivity contribution in [3.05, 3.63) is 0 Å². The lowest BCUT2D eigenvalue weighted by atomic mass is 9.88. The van der Waals surface area contributed by atoms with Crippen LogP contribution in [0.3, 0.4) is 0 Å². The summed E-state index contributed by atoms with van der Waals surface area (Å²) in [6, 6.07) is -0.876. The Morgan fingerprint density at radius 2 is 2.15 bits per heavy atom. The molecule has 3 fully saturated rings. The highest BCUT2D eigenvalue weighted by atomic mass is 16.7. The Kier molecular flexibility index (Phi) is 5.31. The summed E-state index contributed by atoms with van der Waals surface area (Å²) in [7, 11) is 0. The summed E-state index contributed by atoms with van der Waals surface area (Å²) in [6.45, 7) is 3.11. The van der Waals surface area contributed by atoms with Gasteiger partial charge in [0.05, 0.1) is 26.4 Å². The second kappa shape index (κ2) is 7.20. The molecule has 1 unspecified atom stereocenters. The second-order valence-electron chi connectivity index (χ2n) is 7.07. The highest BCUT2D eigenvalue weighted by Gasteiger charge is 2.59. The molecule has 3 aliphatic heterocycles. The third-order valence-electron chi connectivity index (χ3n) is 5.01. The van der Waals surface area contributed by atoms with Crippen molar-refractivity contribution >= 4 is 17.7 Å². The number of ether oxygens (including phenoxy) is 3. The molecule has 3 rings (SSSR count). The summed E-state index contributed by atoms with van der Waals surface area (Å²) < 4.78 is 16.7. The van der Waals surface area contributed by atoms with E-state index in [2.05, 4.69) is 5.32 Å². The van der Waals surface area contributed by atoms with Crippen molar-refractivity contribution in [3.63, 3.8) is 0 Å². The molecule has 2 bridgehead atoms. The molecule has 146 valence electrons. The van der Waals surface area contributed by atoms with Gasteiger partial charge in [-0.3, -0.25) is 19.3 Å². The Balaban J connectivity index is 1.53. The van der Waals surface area contributed by atoms with Crippen molar-refractivity contribution in [2.24, 2.45) is 5.92 Å². The van der Waals surface area contributed by atoms with Crippen molar-refractivity contribution in [1.82, 2.24) is 10.2 Å². The van der Waals surface area contributed by atoms with Crippen LogP contribution in [0.25, 0.3) is 0 Å². The lowest BCUT2D eigenvalue weighted by Gasteiger charge is -2.42. The number of fused-ring (bicyclic) bond motifs is 2. The highest BCUT2D eigenvalue weighted by molar-refractivity contribution is 6.03. The minimum absolute atomic E-state index is 0.00934. The van der Waals surface area contributed by atoms with E-state index in [0.29, 0.717) is 0 Å². The number of aliphatic hydroxyl groups is 2. The zero-order valence-electron chi connectivity index (χ0n) is 14.7. The van der Waals surface area contributed by atoms with Crippen LogP contribution in [0.5, 0.6) is 0 Å². The lowest BCUT2D eigenvalue weighted by molar-refractivity contribution is -0.237. The van der Waals surface area contributed by atoms with Gasteiger partial charge in [-0.2, -0.15) is 0 Å². The first-order valence-corrected chi connectivity index (χ1v) is 8.60. The number of hydrogen-bond acceptors (Lipinski definition) is 8. The Labute approximate surface area is 150 Å². The van der Waals surface area contributed by atoms with E-state index >= 15 is 0 Å². The number of carbonyl (C=O) groups excluding carboxylic acids is 3. The molecule has 3 aliphatic rings. The van der Waals surface area contributed by atoms with E-state index in [9.17, 15) is 24.6 Å². The molecule has 0 spiro atoms. The van der Waals surface area contributed by atoms with Gasteiger partial charge in [0, 0.05) is 19.3 Å². The predicted octanol–water partition coefficient (Wildman–Crippen LogP) is -2.25. The zero-order valence-corrected chi connectivity index (χ0v) is 14.7. The first kappa shape index (κ1) is 19.2. The Hall–Kier alpha value is -1.59. The third kappa shape index (κ3) is 3.35. The molecule has 0 radical (unpaired) electrons. The fourth-order valence-corrected chi connectivity index (χ4v) is 3.56. The largest absolute Gasteiger partial charge is 0.388 e. The first-order valence-electron chi connectivity index (χ1n) is 8.60. The van der Waals surface area contributed by atoms with Crippen molar-refractivity contribution in [2.45, 2.75) is 50.4 Å². The number of amides is 3. The Morgan fingerprint density at radius 1 is 1.42 bits per heavy atom. The number of likely N-dealkylation sites (tertiary alicyclic amines) is 1. The van der Waals surface area contributed by atoms with Gasteiger partial charge in [-0.25, -0.2) is 0 Å². The average molecular weight is 372 g/mol. The lowest BCUT2D eigenvalue weighted by Crippen LogP contribution is -2.66. The van der Waals surface area contributed by atoms with Crippen molar-refractivity contribution in [2.75, 3.05) is 26.4 Å². The van der Waals surface area contributed by atoms with E-state index < -0.39 is 30.1 Å². The topological polar surface area (TPSA) is 135 Å². The normalized spacial score (nSPS) is 39.5. The molecular formula is C16H24N2O8. The van der Waals surface area contributed by atoms with Gasteiger partial charge in [-0.15, -0.1) is 0 Å². The number of imide groups is 1. The van der Waals surface area contributed by atoms with Crippen LogP contribution in [-0.2, 0) is 28.6 Å². The van der Waals surface area contributed by atoms with Crippen molar-refractivity contribution < 1.29 is 38.8 Å². The summed E-state index contributed by atoms with van der Waals surface area (Å²) >= 11 is 0. The summed E-state index contributed by atoms with van der Waals surface area (Å²) in [5.74, 6) is -1.13. The van der Waals surface area contributed by atoms with Crippen LogP contribution in [0.1, 0.15) is 20.3 Å². The van der Waals surface area contributed by atoms with Gasteiger partial charge < -0.3 is 29.7 Å².